The number of nitrogens with one attached hydrogen (secondary N) is 1. The molecule has 1 N–H and O–H groups in total. The largest absolute Gasteiger partial charge is 0.484 e. The molecule has 0 atom stereocenters. The number of nitrogens with zero attached hydrogens (tertiary/aromatic N) is 3. The van der Waals surface area contributed by atoms with Gasteiger partial charge in [-0.2, -0.15) is 5.10 Å². The third kappa shape index (κ3) is 3.32. The normalized spacial score (nSPS) is 10.6. The monoisotopic (exact) mass is 320 g/mol. The molecule has 0 amide bonds. The van der Waals surface area contributed by atoms with Crippen LogP contribution in [-0.2, 0) is 6.61 Å². The number of hydrogen-bond acceptors (Lipinski definition) is 4. The summed E-state index contributed by atoms with van der Waals surface area (Å²) >= 11 is 11.9. The fourth-order valence-corrected chi connectivity index (χ4v) is 2.19. The van der Waals surface area contributed by atoms with E-state index in [9.17, 15) is 0 Å². The standard InChI is InChI=1S/C14H10Cl2N4O/c15-10-1-2-12(11(16)7-10)21-8-13-18-14(20-19-13)9-3-5-17-6-4-9/h1-7H,8H2,(H,18,19,20). The molecule has 2 heterocycles. The van der Waals surface area contributed by atoms with E-state index in [-0.39, 0.29) is 6.61 Å². The molecule has 0 saturated heterocycles. The highest BCUT2D eigenvalue weighted by atomic mass is 35.5. The van der Waals surface area contributed by atoms with E-state index in [0.29, 0.717) is 27.4 Å². The Labute approximate surface area is 130 Å². The molecule has 0 bridgehead atoms. The minimum Gasteiger partial charge on any atom is -0.484 e. The topological polar surface area (TPSA) is 63.7 Å². The number of halogens is 2. The Morgan fingerprint density at radius 2 is 1.90 bits per heavy atom. The molecule has 0 unspecified atom stereocenters. The molecule has 3 aromatic rings. The highest BCUT2D eigenvalue weighted by Crippen LogP contribution is 2.28. The van der Waals surface area contributed by atoms with Gasteiger partial charge in [-0.1, -0.05) is 23.2 Å². The second-order valence-electron chi connectivity index (χ2n) is 4.21. The number of hydrogen-bond donors (Lipinski definition) is 1. The molecule has 1 aromatic carbocycles. The van der Waals surface area contributed by atoms with Crippen LogP contribution in [0.2, 0.25) is 10.0 Å². The van der Waals surface area contributed by atoms with Crippen LogP contribution in [0.5, 0.6) is 5.75 Å². The molecular formula is C14H10Cl2N4O. The summed E-state index contributed by atoms with van der Waals surface area (Å²) in [7, 11) is 0. The molecule has 0 aliphatic rings. The fraction of sp³-hybridized carbons (Fsp3) is 0.0714. The molecule has 2 aromatic heterocycles. The molecular weight excluding hydrogens is 311 g/mol. The zero-order chi connectivity index (χ0) is 14.7. The maximum absolute atomic E-state index is 6.03. The van der Waals surface area contributed by atoms with E-state index in [1.54, 1.807) is 30.6 Å². The highest BCUT2D eigenvalue weighted by Gasteiger charge is 2.08. The van der Waals surface area contributed by atoms with Crippen molar-refractivity contribution in [2.24, 2.45) is 0 Å². The molecule has 106 valence electrons. The Kier molecular flexibility index (Phi) is 4.03. The maximum Gasteiger partial charge on any atom is 0.181 e. The van der Waals surface area contributed by atoms with Crippen LogP contribution < -0.4 is 4.74 Å². The van der Waals surface area contributed by atoms with Gasteiger partial charge in [0.05, 0.1) is 5.02 Å². The summed E-state index contributed by atoms with van der Waals surface area (Å²) in [6.07, 6.45) is 3.38. The van der Waals surface area contributed by atoms with Gasteiger partial charge in [0.25, 0.3) is 0 Å². The highest BCUT2D eigenvalue weighted by molar-refractivity contribution is 6.35. The van der Waals surface area contributed by atoms with Gasteiger partial charge in [0.2, 0.25) is 0 Å². The molecule has 0 fully saturated rings. The van der Waals surface area contributed by atoms with E-state index in [4.69, 9.17) is 27.9 Å². The van der Waals surface area contributed by atoms with Crippen molar-refractivity contribution in [3.63, 3.8) is 0 Å². The lowest BCUT2D eigenvalue weighted by atomic mass is 10.2. The second-order valence-corrected chi connectivity index (χ2v) is 5.05. The number of ether oxygens (including phenoxy) is 1. The van der Waals surface area contributed by atoms with Crippen molar-refractivity contribution in [2.75, 3.05) is 0 Å². The van der Waals surface area contributed by atoms with E-state index in [1.165, 1.54) is 0 Å². The first-order valence-corrected chi connectivity index (χ1v) is 6.87. The van der Waals surface area contributed by atoms with Gasteiger partial charge in [-0.25, -0.2) is 4.98 Å². The first-order chi connectivity index (χ1) is 10.2. The van der Waals surface area contributed by atoms with E-state index in [0.717, 1.165) is 5.56 Å². The zero-order valence-corrected chi connectivity index (χ0v) is 12.3. The summed E-state index contributed by atoms with van der Waals surface area (Å²) in [6, 6.07) is 8.73. The molecule has 0 saturated carbocycles. The molecule has 3 rings (SSSR count). The minimum absolute atomic E-state index is 0.236. The van der Waals surface area contributed by atoms with Crippen LogP contribution >= 0.6 is 23.2 Å². The van der Waals surface area contributed by atoms with Gasteiger partial charge >= 0.3 is 0 Å². The molecule has 0 radical (unpaired) electrons. The fourth-order valence-electron chi connectivity index (χ4n) is 1.73. The summed E-state index contributed by atoms with van der Waals surface area (Å²) < 4.78 is 5.59. The average molecular weight is 321 g/mol. The van der Waals surface area contributed by atoms with Gasteiger partial charge in [-0.05, 0) is 30.3 Å². The SMILES string of the molecule is Clc1ccc(OCc2nc(-c3ccncc3)n[nH]2)c(Cl)c1. The van der Waals surface area contributed by atoms with Crippen LogP contribution in [-0.4, -0.2) is 20.2 Å². The predicted molar refractivity (Wildman–Crippen MR) is 80.4 cm³/mol. The zero-order valence-electron chi connectivity index (χ0n) is 10.8. The quantitative estimate of drug-likeness (QED) is 0.795. The summed E-state index contributed by atoms with van der Waals surface area (Å²) in [5.41, 5.74) is 0.886. The van der Waals surface area contributed by atoms with E-state index in [1.807, 2.05) is 12.1 Å². The Morgan fingerprint density at radius 3 is 2.67 bits per heavy atom. The van der Waals surface area contributed by atoms with Crippen molar-refractivity contribution in [2.45, 2.75) is 6.61 Å². The third-order valence-electron chi connectivity index (χ3n) is 2.73. The number of benzene rings is 1. The van der Waals surface area contributed by atoms with Crippen molar-refractivity contribution in [3.8, 4) is 17.1 Å². The van der Waals surface area contributed by atoms with Crippen LogP contribution in [0, 0.1) is 0 Å². The van der Waals surface area contributed by atoms with Crippen molar-refractivity contribution in [1.82, 2.24) is 20.2 Å². The summed E-state index contributed by atoms with van der Waals surface area (Å²) in [6.45, 7) is 0.236. The Balaban J connectivity index is 1.70. The number of H-pyrrole nitrogens is 1. The Morgan fingerprint density at radius 1 is 1.10 bits per heavy atom. The lowest BCUT2D eigenvalue weighted by Gasteiger charge is -2.05. The molecule has 0 spiro atoms. The number of aromatic nitrogens is 4. The third-order valence-corrected chi connectivity index (χ3v) is 3.26. The van der Waals surface area contributed by atoms with Crippen LogP contribution in [0.4, 0.5) is 0 Å². The number of rotatable bonds is 4. The van der Waals surface area contributed by atoms with Crippen LogP contribution in [0.1, 0.15) is 5.82 Å². The summed E-state index contributed by atoms with van der Waals surface area (Å²) in [4.78, 5) is 8.31. The summed E-state index contributed by atoms with van der Waals surface area (Å²) in [5.74, 6) is 1.74. The minimum atomic E-state index is 0.236. The van der Waals surface area contributed by atoms with E-state index in [2.05, 4.69) is 20.2 Å². The number of aromatic amines is 1. The van der Waals surface area contributed by atoms with Crippen LogP contribution in [0.25, 0.3) is 11.4 Å². The Hall–Kier alpha value is -2.11. The maximum atomic E-state index is 6.03. The van der Waals surface area contributed by atoms with Crippen molar-refractivity contribution >= 4 is 23.2 Å². The molecule has 21 heavy (non-hydrogen) atoms. The van der Waals surface area contributed by atoms with Crippen molar-refractivity contribution < 1.29 is 4.74 Å². The van der Waals surface area contributed by atoms with Gasteiger partial charge < -0.3 is 4.74 Å². The van der Waals surface area contributed by atoms with E-state index >= 15 is 0 Å². The smallest absolute Gasteiger partial charge is 0.181 e. The average Bonchev–Trinajstić information content (AvgIpc) is 2.96. The molecule has 0 aliphatic carbocycles. The van der Waals surface area contributed by atoms with Gasteiger partial charge in [0, 0.05) is 23.0 Å². The second kappa shape index (κ2) is 6.11. The van der Waals surface area contributed by atoms with Gasteiger partial charge in [-0.3, -0.25) is 10.1 Å². The van der Waals surface area contributed by atoms with Crippen molar-refractivity contribution in [3.05, 3.63) is 58.6 Å². The van der Waals surface area contributed by atoms with Crippen molar-refractivity contribution in [1.29, 1.82) is 0 Å². The lowest BCUT2D eigenvalue weighted by molar-refractivity contribution is 0.296. The van der Waals surface area contributed by atoms with Crippen LogP contribution in [0.3, 0.4) is 0 Å². The predicted octanol–water partition coefficient (Wildman–Crippen LogP) is 3.75. The Bertz CT molecular complexity index is 746. The lowest BCUT2D eigenvalue weighted by Crippen LogP contribution is -1.98. The first-order valence-electron chi connectivity index (χ1n) is 6.12. The molecule has 7 heteroatoms. The molecule has 0 aliphatic heterocycles. The van der Waals surface area contributed by atoms with Gasteiger partial charge in [0.1, 0.15) is 12.4 Å². The molecule has 5 nitrogen and oxygen atoms in total. The van der Waals surface area contributed by atoms with Gasteiger partial charge in [-0.15, -0.1) is 0 Å². The van der Waals surface area contributed by atoms with Crippen LogP contribution in [0.15, 0.2) is 42.7 Å². The van der Waals surface area contributed by atoms with Gasteiger partial charge in [0.15, 0.2) is 11.6 Å². The number of pyridine rings is 1. The summed E-state index contributed by atoms with van der Waals surface area (Å²) in [5, 5.41) is 7.98. The first kappa shape index (κ1) is 13.9. The van der Waals surface area contributed by atoms with E-state index < -0.39 is 0 Å².